The van der Waals surface area contributed by atoms with E-state index in [4.69, 9.17) is 0 Å². The second-order valence-electron chi connectivity index (χ2n) is 6.67. The minimum atomic E-state index is -0.737. The summed E-state index contributed by atoms with van der Waals surface area (Å²) in [5.74, 6) is 0.821. The Labute approximate surface area is 116 Å². The van der Waals surface area contributed by atoms with Crippen molar-refractivity contribution in [3.8, 4) is 0 Å². The van der Waals surface area contributed by atoms with Gasteiger partial charge in [0, 0.05) is 6.54 Å². The van der Waals surface area contributed by atoms with E-state index in [1.807, 2.05) is 13.8 Å². The van der Waals surface area contributed by atoms with Gasteiger partial charge in [-0.05, 0) is 31.6 Å². The van der Waals surface area contributed by atoms with Crippen LogP contribution in [-0.2, 0) is 9.59 Å². The molecule has 1 aliphatic rings. The zero-order chi connectivity index (χ0) is 14.8. The monoisotopic (exact) mass is 268 g/mol. The molecule has 2 unspecified atom stereocenters. The van der Waals surface area contributed by atoms with Crippen LogP contribution in [-0.4, -0.2) is 34.8 Å². The highest BCUT2D eigenvalue weighted by molar-refractivity contribution is 5.99. The molecular formula is C15H28N2O2. The van der Waals surface area contributed by atoms with Crippen molar-refractivity contribution < 1.29 is 9.59 Å². The number of amides is 2. The molecule has 0 aromatic rings. The first-order valence-corrected chi connectivity index (χ1v) is 7.34. The van der Waals surface area contributed by atoms with Gasteiger partial charge < -0.3 is 10.2 Å². The summed E-state index contributed by atoms with van der Waals surface area (Å²) in [7, 11) is 0. The number of rotatable bonds is 5. The van der Waals surface area contributed by atoms with Crippen molar-refractivity contribution >= 4 is 11.8 Å². The van der Waals surface area contributed by atoms with E-state index in [9.17, 15) is 9.59 Å². The Hall–Kier alpha value is -1.06. The molecule has 0 spiro atoms. The lowest BCUT2D eigenvalue weighted by atomic mass is 9.88. The van der Waals surface area contributed by atoms with Crippen molar-refractivity contribution in [2.24, 2.45) is 11.8 Å². The van der Waals surface area contributed by atoms with Crippen molar-refractivity contribution in [2.75, 3.05) is 6.54 Å². The average molecular weight is 268 g/mol. The molecule has 0 aromatic heterocycles. The third-order valence-corrected chi connectivity index (χ3v) is 3.77. The van der Waals surface area contributed by atoms with E-state index in [1.165, 1.54) is 0 Å². The Morgan fingerprint density at radius 2 is 1.79 bits per heavy atom. The van der Waals surface area contributed by atoms with Crippen LogP contribution in [0.5, 0.6) is 0 Å². The number of hydrogen-bond acceptors (Lipinski definition) is 2. The van der Waals surface area contributed by atoms with Gasteiger partial charge in [-0.15, -0.1) is 0 Å². The van der Waals surface area contributed by atoms with Gasteiger partial charge in [-0.25, -0.2) is 0 Å². The Morgan fingerprint density at radius 1 is 1.21 bits per heavy atom. The normalized spacial score (nSPS) is 28.2. The Morgan fingerprint density at radius 3 is 2.21 bits per heavy atom. The van der Waals surface area contributed by atoms with Crippen LogP contribution >= 0.6 is 0 Å². The molecule has 19 heavy (non-hydrogen) atoms. The van der Waals surface area contributed by atoms with Gasteiger partial charge in [-0.1, -0.05) is 34.6 Å². The highest BCUT2D eigenvalue weighted by Crippen LogP contribution is 2.25. The fourth-order valence-electron chi connectivity index (χ4n) is 2.53. The van der Waals surface area contributed by atoms with E-state index in [-0.39, 0.29) is 17.9 Å². The summed E-state index contributed by atoms with van der Waals surface area (Å²) in [4.78, 5) is 26.8. The highest BCUT2D eigenvalue weighted by atomic mass is 16.2. The first-order valence-electron chi connectivity index (χ1n) is 7.34. The largest absolute Gasteiger partial charge is 0.340 e. The number of carbonyl (C=O) groups excluding carboxylic acids is 2. The summed E-state index contributed by atoms with van der Waals surface area (Å²) < 4.78 is 0. The number of nitrogens with zero attached hydrogens (tertiary/aromatic N) is 1. The van der Waals surface area contributed by atoms with Crippen LogP contribution in [0.2, 0.25) is 0 Å². The second kappa shape index (κ2) is 5.93. The molecule has 1 aliphatic heterocycles. The van der Waals surface area contributed by atoms with Gasteiger partial charge >= 0.3 is 0 Å². The molecular weight excluding hydrogens is 240 g/mol. The molecule has 2 atom stereocenters. The fraction of sp³-hybridized carbons (Fsp3) is 0.867. The van der Waals surface area contributed by atoms with Gasteiger partial charge in [-0.3, -0.25) is 9.59 Å². The van der Waals surface area contributed by atoms with E-state index >= 15 is 0 Å². The van der Waals surface area contributed by atoms with Gasteiger partial charge in [-0.2, -0.15) is 0 Å². The van der Waals surface area contributed by atoms with Gasteiger partial charge in [0.25, 0.3) is 0 Å². The third-order valence-electron chi connectivity index (χ3n) is 3.77. The molecule has 4 heteroatoms. The number of nitrogens with one attached hydrogen (secondary N) is 1. The standard InChI is InChI=1S/C15H28N2O2/c1-7-15(6)14(19)17(9-11(4)5)12(8-10(2)3)13(18)16-15/h10-12H,7-9H2,1-6H3,(H,16,18). The molecule has 1 N–H and O–H groups in total. The lowest BCUT2D eigenvalue weighted by Gasteiger charge is -2.45. The van der Waals surface area contributed by atoms with Crippen molar-refractivity contribution in [3.63, 3.8) is 0 Å². The van der Waals surface area contributed by atoms with E-state index in [0.717, 1.165) is 6.42 Å². The third kappa shape index (κ3) is 3.48. The van der Waals surface area contributed by atoms with Gasteiger partial charge in [0.1, 0.15) is 11.6 Å². The maximum Gasteiger partial charge on any atom is 0.248 e. The summed E-state index contributed by atoms with van der Waals surface area (Å²) in [5.41, 5.74) is -0.737. The number of carbonyl (C=O) groups is 2. The summed E-state index contributed by atoms with van der Waals surface area (Å²) >= 11 is 0. The lowest BCUT2D eigenvalue weighted by molar-refractivity contribution is -0.155. The molecule has 1 rings (SSSR count). The van der Waals surface area contributed by atoms with Crippen LogP contribution in [0.25, 0.3) is 0 Å². The number of hydrogen-bond donors (Lipinski definition) is 1. The molecule has 0 bridgehead atoms. The predicted octanol–water partition coefficient (Wildman–Crippen LogP) is 2.18. The average Bonchev–Trinajstić information content (AvgIpc) is 2.30. The topological polar surface area (TPSA) is 49.4 Å². The molecule has 0 aromatic carbocycles. The Kier molecular flexibility index (Phi) is 4.99. The van der Waals surface area contributed by atoms with Crippen LogP contribution in [0.3, 0.4) is 0 Å². The molecule has 2 amide bonds. The highest BCUT2D eigenvalue weighted by Gasteiger charge is 2.46. The minimum absolute atomic E-state index is 0.00157. The molecule has 4 nitrogen and oxygen atoms in total. The van der Waals surface area contributed by atoms with E-state index in [1.54, 1.807) is 4.90 Å². The first-order chi connectivity index (χ1) is 8.71. The van der Waals surface area contributed by atoms with Crippen molar-refractivity contribution in [2.45, 2.75) is 66.0 Å². The van der Waals surface area contributed by atoms with Crippen LogP contribution in [0.15, 0.2) is 0 Å². The Balaban J connectivity index is 3.03. The zero-order valence-corrected chi connectivity index (χ0v) is 13.1. The van der Waals surface area contributed by atoms with E-state index in [0.29, 0.717) is 24.8 Å². The molecule has 0 aliphatic carbocycles. The summed E-state index contributed by atoms with van der Waals surface area (Å²) in [5, 5.41) is 2.92. The lowest BCUT2D eigenvalue weighted by Crippen LogP contribution is -2.69. The summed E-state index contributed by atoms with van der Waals surface area (Å²) in [6.07, 6.45) is 1.35. The molecule has 1 heterocycles. The van der Waals surface area contributed by atoms with Gasteiger partial charge in [0.2, 0.25) is 11.8 Å². The van der Waals surface area contributed by atoms with E-state index in [2.05, 4.69) is 33.0 Å². The zero-order valence-electron chi connectivity index (χ0n) is 13.1. The van der Waals surface area contributed by atoms with Crippen LogP contribution in [0.4, 0.5) is 0 Å². The van der Waals surface area contributed by atoms with Crippen molar-refractivity contribution in [1.29, 1.82) is 0 Å². The smallest absolute Gasteiger partial charge is 0.248 e. The van der Waals surface area contributed by atoms with Gasteiger partial charge in [0.05, 0.1) is 0 Å². The van der Waals surface area contributed by atoms with Crippen molar-refractivity contribution in [3.05, 3.63) is 0 Å². The predicted molar refractivity (Wildman–Crippen MR) is 76.6 cm³/mol. The molecule has 1 fully saturated rings. The maximum atomic E-state index is 12.7. The van der Waals surface area contributed by atoms with Crippen molar-refractivity contribution in [1.82, 2.24) is 10.2 Å². The first kappa shape index (κ1) is 16.0. The van der Waals surface area contributed by atoms with Gasteiger partial charge in [0.15, 0.2) is 0 Å². The maximum absolute atomic E-state index is 12.7. The number of piperazine rings is 1. The minimum Gasteiger partial charge on any atom is -0.340 e. The second-order valence-corrected chi connectivity index (χ2v) is 6.67. The molecule has 110 valence electrons. The molecule has 0 radical (unpaired) electrons. The Bertz CT molecular complexity index is 352. The molecule has 1 saturated heterocycles. The summed E-state index contributed by atoms with van der Waals surface area (Å²) in [6, 6.07) is -0.311. The van der Waals surface area contributed by atoms with E-state index < -0.39 is 5.54 Å². The van der Waals surface area contributed by atoms with Crippen LogP contribution < -0.4 is 5.32 Å². The van der Waals surface area contributed by atoms with Crippen LogP contribution in [0, 0.1) is 11.8 Å². The molecule has 0 saturated carbocycles. The quantitative estimate of drug-likeness (QED) is 0.831. The van der Waals surface area contributed by atoms with Crippen LogP contribution in [0.1, 0.15) is 54.4 Å². The summed E-state index contributed by atoms with van der Waals surface area (Å²) in [6.45, 7) is 12.7. The fourth-order valence-corrected chi connectivity index (χ4v) is 2.53. The SMILES string of the molecule is CCC1(C)NC(=O)C(CC(C)C)N(CC(C)C)C1=O.